The summed E-state index contributed by atoms with van der Waals surface area (Å²) < 4.78 is 0. The van der Waals surface area contributed by atoms with E-state index in [1.54, 1.807) is 6.92 Å². The highest BCUT2D eigenvalue weighted by Gasteiger charge is 1.89. The van der Waals surface area contributed by atoms with Gasteiger partial charge in [-0.05, 0) is 18.9 Å². The first-order valence-corrected chi connectivity index (χ1v) is 4.65. The van der Waals surface area contributed by atoms with Gasteiger partial charge in [0.15, 0.2) is 0 Å². The van der Waals surface area contributed by atoms with Crippen molar-refractivity contribution in [1.29, 1.82) is 0 Å². The molecule has 0 radical (unpaired) electrons. The smallest absolute Gasteiger partial charge is 0.0862 e. The normalized spacial score (nSPS) is 9.07. The third-order valence-electron chi connectivity index (χ3n) is 1.43. The summed E-state index contributed by atoms with van der Waals surface area (Å²) in [6.07, 6.45) is 0.898. The summed E-state index contributed by atoms with van der Waals surface area (Å²) in [5, 5.41) is 7.57. The molecular formula is C11H18O3. The van der Waals surface area contributed by atoms with Crippen LogP contribution in [0.2, 0.25) is 0 Å². The van der Waals surface area contributed by atoms with Crippen LogP contribution >= 0.6 is 0 Å². The number of hydrogen-bond donors (Lipinski definition) is 1. The summed E-state index contributed by atoms with van der Waals surface area (Å²) in [5.41, 5.74) is 1.27. The zero-order valence-corrected chi connectivity index (χ0v) is 8.77. The summed E-state index contributed by atoms with van der Waals surface area (Å²) in [6.45, 7) is 2.54. The number of hydrogen-bond acceptors (Lipinski definition) is 3. The van der Waals surface area contributed by atoms with Gasteiger partial charge in [-0.25, -0.2) is 9.78 Å². The minimum atomic E-state index is 0.250. The van der Waals surface area contributed by atoms with Gasteiger partial charge >= 0.3 is 0 Å². The SMILES string of the molecule is CCO.COOCCc1ccccc1. The molecule has 0 aliphatic heterocycles. The van der Waals surface area contributed by atoms with Crippen LogP contribution in [0.15, 0.2) is 30.3 Å². The van der Waals surface area contributed by atoms with E-state index in [1.165, 1.54) is 12.7 Å². The van der Waals surface area contributed by atoms with Crippen molar-refractivity contribution in [2.45, 2.75) is 13.3 Å². The molecule has 0 saturated heterocycles. The molecule has 14 heavy (non-hydrogen) atoms. The first kappa shape index (κ1) is 13.1. The van der Waals surface area contributed by atoms with Crippen molar-refractivity contribution in [2.24, 2.45) is 0 Å². The molecule has 0 aliphatic rings. The quantitative estimate of drug-likeness (QED) is 0.455. The number of benzene rings is 1. The van der Waals surface area contributed by atoms with Crippen molar-refractivity contribution in [1.82, 2.24) is 0 Å². The van der Waals surface area contributed by atoms with Crippen LogP contribution in [0.25, 0.3) is 0 Å². The number of aliphatic hydroxyl groups is 1. The summed E-state index contributed by atoms with van der Waals surface area (Å²) in [6, 6.07) is 10.2. The molecule has 1 rings (SSSR count). The van der Waals surface area contributed by atoms with Gasteiger partial charge in [0.25, 0.3) is 0 Å². The predicted molar refractivity (Wildman–Crippen MR) is 55.9 cm³/mol. The van der Waals surface area contributed by atoms with Crippen LogP contribution in [0.1, 0.15) is 12.5 Å². The van der Waals surface area contributed by atoms with Crippen molar-refractivity contribution in [3.05, 3.63) is 35.9 Å². The molecule has 3 heteroatoms. The second-order valence-corrected chi connectivity index (χ2v) is 2.54. The van der Waals surface area contributed by atoms with Crippen LogP contribution in [0.3, 0.4) is 0 Å². The Morgan fingerprint density at radius 1 is 1.21 bits per heavy atom. The fourth-order valence-corrected chi connectivity index (χ4v) is 0.888. The molecule has 0 saturated carbocycles. The van der Waals surface area contributed by atoms with Gasteiger partial charge in [-0.3, -0.25) is 0 Å². The first-order chi connectivity index (χ1) is 6.85. The largest absolute Gasteiger partial charge is 0.397 e. The van der Waals surface area contributed by atoms with E-state index in [0.29, 0.717) is 6.61 Å². The number of aliphatic hydroxyl groups excluding tert-OH is 1. The zero-order valence-electron chi connectivity index (χ0n) is 8.77. The second-order valence-electron chi connectivity index (χ2n) is 2.54. The molecule has 80 valence electrons. The first-order valence-electron chi connectivity index (χ1n) is 4.65. The van der Waals surface area contributed by atoms with E-state index in [-0.39, 0.29) is 6.61 Å². The molecule has 1 aromatic rings. The summed E-state index contributed by atoms with van der Waals surface area (Å²) in [4.78, 5) is 9.20. The highest BCUT2D eigenvalue weighted by Crippen LogP contribution is 1.98. The van der Waals surface area contributed by atoms with Crippen molar-refractivity contribution in [3.8, 4) is 0 Å². The zero-order chi connectivity index (χ0) is 10.6. The van der Waals surface area contributed by atoms with Crippen molar-refractivity contribution in [2.75, 3.05) is 20.3 Å². The van der Waals surface area contributed by atoms with Crippen LogP contribution in [0, 0.1) is 0 Å². The van der Waals surface area contributed by atoms with E-state index in [0.717, 1.165) is 6.42 Å². The molecule has 0 fully saturated rings. The monoisotopic (exact) mass is 198 g/mol. The lowest BCUT2D eigenvalue weighted by Crippen LogP contribution is -1.96. The topological polar surface area (TPSA) is 38.7 Å². The third kappa shape index (κ3) is 7.73. The average molecular weight is 198 g/mol. The van der Waals surface area contributed by atoms with E-state index in [9.17, 15) is 0 Å². The van der Waals surface area contributed by atoms with E-state index in [4.69, 9.17) is 9.99 Å². The molecule has 0 amide bonds. The fourth-order valence-electron chi connectivity index (χ4n) is 0.888. The van der Waals surface area contributed by atoms with Crippen LogP contribution in [0.5, 0.6) is 0 Å². The van der Waals surface area contributed by atoms with Gasteiger partial charge in [0.1, 0.15) is 0 Å². The third-order valence-corrected chi connectivity index (χ3v) is 1.43. The summed E-state index contributed by atoms with van der Waals surface area (Å²) in [5.74, 6) is 0. The molecule has 3 nitrogen and oxygen atoms in total. The minimum absolute atomic E-state index is 0.250. The number of rotatable bonds is 4. The van der Waals surface area contributed by atoms with Gasteiger partial charge in [0.05, 0.1) is 13.7 Å². The Kier molecular flexibility index (Phi) is 9.53. The van der Waals surface area contributed by atoms with Gasteiger partial charge in [0.2, 0.25) is 0 Å². The Labute approximate surface area is 85.2 Å². The fraction of sp³-hybridized carbons (Fsp3) is 0.455. The van der Waals surface area contributed by atoms with Gasteiger partial charge in [-0.15, -0.1) is 0 Å². The highest BCUT2D eigenvalue weighted by atomic mass is 17.2. The lowest BCUT2D eigenvalue weighted by molar-refractivity contribution is -0.271. The van der Waals surface area contributed by atoms with Gasteiger partial charge in [0, 0.05) is 6.61 Å². The molecule has 0 aliphatic carbocycles. The maximum Gasteiger partial charge on any atom is 0.0862 e. The van der Waals surface area contributed by atoms with E-state index >= 15 is 0 Å². The van der Waals surface area contributed by atoms with Crippen molar-refractivity contribution in [3.63, 3.8) is 0 Å². The van der Waals surface area contributed by atoms with E-state index < -0.39 is 0 Å². The lowest BCUT2D eigenvalue weighted by atomic mass is 10.2. The van der Waals surface area contributed by atoms with Crippen molar-refractivity contribution < 1.29 is 14.9 Å². The van der Waals surface area contributed by atoms with Gasteiger partial charge in [-0.2, -0.15) is 0 Å². The Morgan fingerprint density at radius 2 is 1.79 bits per heavy atom. The van der Waals surface area contributed by atoms with E-state index in [2.05, 4.69) is 17.0 Å². The van der Waals surface area contributed by atoms with Gasteiger partial charge in [-0.1, -0.05) is 30.3 Å². The van der Waals surface area contributed by atoms with Crippen molar-refractivity contribution >= 4 is 0 Å². The Balaban J connectivity index is 0.000000500. The lowest BCUT2D eigenvalue weighted by Gasteiger charge is -1.99. The molecule has 0 bridgehead atoms. The van der Waals surface area contributed by atoms with Crippen LogP contribution in [-0.2, 0) is 16.2 Å². The maximum atomic E-state index is 7.57. The molecule has 1 aromatic carbocycles. The Morgan fingerprint density at radius 3 is 2.29 bits per heavy atom. The summed E-state index contributed by atoms with van der Waals surface area (Å²) in [7, 11) is 1.52. The summed E-state index contributed by atoms with van der Waals surface area (Å²) >= 11 is 0. The average Bonchev–Trinajstić information content (AvgIpc) is 2.21. The molecule has 0 atom stereocenters. The molecule has 0 aromatic heterocycles. The maximum absolute atomic E-state index is 7.57. The van der Waals surface area contributed by atoms with Crippen LogP contribution in [-0.4, -0.2) is 25.4 Å². The van der Waals surface area contributed by atoms with Gasteiger partial charge < -0.3 is 5.11 Å². The Hall–Kier alpha value is -0.900. The highest BCUT2D eigenvalue weighted by molar-refractivity contribution is 5.14. The van der Waals surface area contributed by atoms with Crippen LogP contribution in [0.4, 0.5) is 0 Å². The molecule has 1 N–H and O–H groups in total. The molecule has 0 spiro atoms. The van der Waals surface area contributed by atoms with E-state index in [1.807, 2.05) is 18.2 Å². The molecular weight excluding hydrogens is 180 g/mol. The minimum Gasteiger partial charge on any atom is -0.397 e. The second kappa shape index (κ2) is 10.2. The standard InChI is InChI=1S/C9H12O2.C2H6O/c1-10-11-8-7-9-5-3-2-4-6-9;1-2-3/h2-6H,7-8H2,1H3;3H,2H2,1H3. The predicted octanol–water partition coefficient (Wildman–Crippen LogP) is 1.81. The Bertz CT molecular complexity index is 199. The van der Waals surface area contributed by atoms with Crippen LogP contribution < -0.4 is 0 Å². The molecule has 0 unspecified atom stereocenters. The molecule has 0 heterocycles.